The number of aromatic nitrogens is 2. The van der Waals surface area contributed by atoms with Crippen molar-refractivity contribution in [2.45, 2.75) is 59.7 Å². The van der Waals surface area contributed by atoms with Crippen LogP contribution in [0.1, 0.15) is 46.2 Å². The Balaban J connectivity index is 0.00000208. The van der Waals surface area contributed by atoms with Crippen LogP contribution in [0.5, 0.6) is 0 Å². The van der Waals surface area contributed by atoms with Gasteiger partial charge in [-0.05, 0) is 129 Å². The van der Waals surface area contributed by atoms with Gasteiger partial charge in [-0.2, -0.15) is 0 Å². The number of benzene rings is 3. The highest BCUT2D eigenvalue weighted by Gasteiger charge is 2.26. The number of pyridine rings is 2. The van der Waals surface area contributed by atoms with Crippen LogP contribution in [0.3, 0.4) is 0 Å². The Morgan fingerprint density at radius 3 is 1.77 bits per heavy atom. The van der Waals surface area contributed by atoms with E-state index < -0.39 is 11.6 Å². The summed E-state index contributed by atoms with van der Waals surface area (Å²) < 4.78 is 27.9. The lowest BCUT2D eigenvalue weighted by Gasteiger charge is -2.40. The molecule has 1 aliphatic heterocycles. The zero-order valence-corrected chi connectivity index (χ0v) is 30.2. The van der Waals surface area contributed by atoms with E-state index in [0.717, 1.165) is 49.8 Å². The average Bonchev–Trinajstić information content (AvgIpc) is 3.03. The van der Waals surface area contributed by atoms with Gasteiger partial charge in [0.15, 0.2) is 0 Å². The molecule has 0 N–H and O–H groups in total. The summed E-state index contributed by atoms with van der Waals surface area (Å²) in [5.41, 5.74) is 11.9. The maximum atomic E-state index is 13.9. The van der Waals surface area contributed by atoms with Gasteiger partial charge in [0.1, 0.15) is 11.6 Å². The van der Waals surface area contributed by atoms with E-state index in [1.165, 1.54) is 51.2 Å². The number of likely N-dealkylation sites (tertiary alicyclic amines) is 1. The number of halogens is 5. The molecule has 0 unspecified atom stereocenters. The molecular weight excluding hydrogens is 669 g/mol. The molecule has 6 rings (SSSR count). The van der Waals surface area contributed by atoms with Crippen molar-refractivity contribution in [1.29, 1.82) is 0 Å². The van der Waals surface area contributed by atoms with Gasteiger partial charge in [-0.15, -0.1) is 37.2 Å². The van der Waals surface area contributed by atoms with Crippen molar-refractivity contribution in [3.8, 4) is 22.5 Å². The van der Waals surface area contributed by atoms with E-state index in [4.69, 9.17) is 4.98 Å². The second kappa shape index (κ2) is 17.2. The molecule has 0 radical (unpaired) electrons. The minimum Gasteiger partial charge on any atom is -0.364 e. The Morgan fingerprint density at radius 2 is 1.19 bits per heavy atom. The summed E-state index contributed by atoms with van der Waals surface area (Å²) >= 11 is 0. The first-order chi connectivity index (χ1) is 21.7. The lowest BCUT2D eigenvalue weighted by molar-refractivity contribution is 0.201. The van der Waals surface area contributed by atoms with E-state index in [1.807, 2.05) is 18.3 Å². The lowest BCUT2D eigenvalue weighted by Crippen LogP contribution is -2.44. The van der Waals surface area contributed by atoms with Crippen molar-refractivity contribution in [1.82, 2.24) is 14.9 Å². The van der Waals surface area contributed by atoms with E-state index in [0.29, 0.717) is 23.8 Å². The first-order valence-corrected chi connectivity index (χ1v) is 15.7. The molecule has 2 aromatic heterocycles. The molecule has 0 atom stereocenters. The molecule has 48 heavy (non-hydrogen) atoms. The quantitative estimate of drug-likeness (QED) is 0.160. The van der Waals surface area contributed by atoms with Crippen LogP contribution in [-0.2, 0) is 13.1 Å². The monoisotopic (exact) mass is 710 g/mol. The van der Waals surface area contributed by atoms with Crippen LogP contribution in [0.15, 0.2) is 91.3 Å². The minimum atomic E-state index is -0.603. The number of anilines is 1. The van der Waals surface area contributed by atoms with Crippen LogP contribution in [0.25, 0.3) is 22.5 Å². The number of hydrogen-bond donors (Lipinski definition) is 0. The number of hydrogen-bond acceptors (Lipinski definition) is 4. The van der Waals surface area contributed by atoms with Crippen LogP contribution in [0.4, 0.5) is 14.5 Å². The van der Waals surface area contributed by atoms with Crippen LogP contribution in [0.2, 0.25) is 0 Å². The van der Waals surface area contributed by atoms with Gasteiger partial charge in [-0.25, -0.2) is 8.78 Å². The average molecular weight is 712 g/mol. The summed E-state index contributed by atoms with van der Waals surface area (Å²) in [5, 5.41) is 0. The van der Waals surface area contributed by atoms with E-state index in [2.05, 4.69) is 91.0 Å². The van der Waals surface area contributed by atoms with Gasteiger partial charge in [-0.1, -0.05) is 17.7 Å². The highest BCUT2D eigenvalue weighted by molar-refractivity contribution is 5.86. The van der Waals surface area contributed by atoms with Gasteiger partial charge < -0.3 is 4.90 Å². The molecule has 0 aliphatic carbocycles. The molecule has 4 nitrogen and oxygen atoms in total. The zero-order valence-electron chi connectivity index (χ0n) is 27.7. The van der Waals surface area contributed by atoms with Gasteiger partial charge in [0.25, 0.3) is 0 Å². The summed E-state index contributed by atoms with van der Waals surface area (Å²) in [5.74, 6) is -1.21. The Bertz CT molecular complexity index is 1770. The van der Waals surface area contributed by atoms with Crippen LogP contribution in [0, 0.1) is 39.3 Å². The van der Waals surface area contributed by atoms with Gasteiger partial charge >= 0.3 is 0 Å². The Morgan fingerprint density at radius 1 is 0.667 bits per heavy atom. The predicted octanol–water partition coefficient (Wildman–Crippen LogP) is 10.3. The first kappa shape index (κ1) is 38.9. The largest absolute Gasteiger partial charge is 0.364 e. The van der Waals surface area contributed by atoms with Crippen LogP contribution in [-0.4, -0.2) is 34.0 Å². The first-order valence-electron chi connectivity index (χ1n) is 15.7. The molecule has 1 aliphatic rings. The smallest absolute Gasteiger partial charge is 0.126 e. The Labute approximate surface area is 301 Å². The van der Waals surface area contributed by atoms with E-state index in [9.17, 15) is 8.78 Å². The molecular formula is C39H43Cl3F2N4. The highest BCUT2D eigenvalue weighted by Crippen LogP contribution is 2.29. The number of rotatable bonds is 8. The Hall–Kier alpha value is -3.55. The third-order valence-corrected chi connectivity index (χ3v) is 9.15. The van der Waals surface area contributed by atoms with Crippen molar-refractivity contribution in [2.75, 3.05) is 18.0 Å². The summed E-state index contributed by atoms with van der Waals surface area (Å²) in [6, 6.07) is 25.4. The summed E-state index contributed by atoms with van der Waals surface area (Å²) in [6.45, 7) is 12.2. The van der Waals surface area contributed by atoms with Crippen molar-refractivity contribution < 1.29 is 8.78 Å². The molecule has 9 heteroatoms. The number of piperidine rings is 1. The molecule has 254 valence electrons. The SMILES string of the molecule is Cc1ccc(N(Cc2ccnc(-c3cc(F)cc(F)c3)c2)C2CCN(Cc3ccnc(-c4cc(C)c(C)c(C)c4)c3)CC2)cc1.Cl.Cl.Cl. The van der Waals surface area contributed by atoms with Gasteiger partial charge in [0.2, 0.25) is 0 Å². The molecule has 0 spiro atoms. The number of aryl methyl sites for hydroxylation is 3. The van der Waals surface area contributed by atoms with Crippen LogP contribution >= 0.6 is 37.2 Å². The van der Waals surface area contributed by atoms with Crippen molar-refractivity contribution in [3.05, 3.63) is 136 Å². The highest BCUT2D eigenvalue weighted by atomic mass is 35.5. The predicted molar refractivity (Wildman–Crippen MR) is 201 cm³/mol. The lowest BCUT2D eigenvalue weighted by atomic mass is 9.98. The van der Waals surface area contributed by atoms with Crippen molar-refractivity contribution >= 4 is 42.9 Å². The van der Waals surface area contributed by atoms with Gasteiger partial charge in [0, 0.05) is 67.5 Å². The maximum absolute atomic E-state index is 13.9. The topological polar surface area (TPSA) is 32.3 Å². The molecule has 0 saturated carbocycles. The molecule has 0 amide bonds. The van der Waals surface area contributed by atoms with E-state index >= 15 is 0 Å². The van der Waals surface area contributed by atoms with E-state index in [1.54, 1.807) is 6.20 Å². The van der Waals surface area contributed by atoms with Crippen molar-refractivity contribution in [3.63, 3.8) is 0 Å². The molecule has 0 bridgehead atoms. The number of nitrogens with zero attached hydrogens (tertiary/aromatic N) is 4. The Kier molecular flexibility index (Phi) is 13.9. The molecule has 1 saturated heterocycles. The molecule has 3 heterocycles. The zero-order chi connectivity index (χ0) is 31.5. The normalized spacial score (nSPS) is 13.2. The maximum Gasteiger partial charge on any atom is 0.126 e. The fourth-order valence-corrected chi connectivity index (χ4v) is 6.36. The summed E-state index contributed by atoms with van der Waals surface area (Å²) in [4.78, 5) is 14.1. The minimum absolute atomic E-state index is 0. The summed E-state index contributed by atoms with van der Waals surface area (Å²) in [6.07, 6.45) is 5.73. The van der Waals surface area contributed by atoms with Crippen molar-refractivity contribution in [2.24, 2.45) is 0 Å². The standard InChI is InChI=1S/C39H40F2N4.3ClH/c1-26-5-7-36(8-6-26)45(25-31-10-14-43-39(20-31)33-21-34(40)23-35(41)22-33)37-11-15-44(16-12-37)24-30-9-13-42-38(19-30)32-17-27(2)29(4)28(3)18-32;;;/h5-10,13-14,17-23,37H,11-12,15-16,24-25H2,1-4H3;3*1H. The molecule has 1 fully saturated rings. The third kappa shape index (κ3) is 9.32. The van der Waals surface area contributed by atoms with Gasteiger partial charge in [0.05, 0.1) is 11.4 Å². The van der Waals surface area contributed by atoms with Crippen LogP contribution < -0.4 is 4.90 Å². The summed E-state index contributed by atoms with van der Waals surface area (Å²) in [7, 11) is 0. The second-order valence-electron chi connectivity index (χ2n) is 12.5. The second-order valence-corrected chi connectivity index (χ2v) is 12.5. The molecule has 5 aromatic rings. The van der Waals surface area contributed by atoms with E-state index in [-0.39, 0.29) is 37.2 Å². The third-order valence-electron chi connectivity index (χ3n) is 9.15. The fourth-order valence-electron chi connectivity index (χ4n) is 6.36. The van der Waals surface area contributed by atoms with Gasteiger partial charge in [-0.3, -0.25) is 14.9 Å². The fraction of sp³-hybridized carbons (Fsp3) is 0.282. The molecule has 3 aromatic carbocycles.